The zero-order valence-corrected chi connectivity index (χ0v) is 24.5. The Kier molecular flexibility index (Phi) is 10.5. The number of amides is 2. The van der Waals surface area contributed by atoms with Crippen molar-refractivity contribution < 1.29 is 19.1 Å². The van der Waals surface area contributed by atoms with Gasteiger partial charge in [0, 0.05) is 50.4 Å². The molecule has 218 valence electrons. The topological polar surface area (TPSA) is 91.3 Å². The van der Waals surface area contributed by atoms with E-state index < -0.39 is 0 Å². The van der Waals surface area contributed by atoms with Gasteiger partial charge in [0.25, 0.3) is 5.91 Å². The quantitative estimate of drug-likeness (QED) is 0.333. The van der Waals surface area contributed by atoms with Crippen molar-refractivity contribution in [1.29, 1.82) is 0 Å². The van der Waals surface area contributed by atoms with E-state index in [0.29, 0.717) is 50.6 Å². The average molecular weight is 561 g/mol. The number of ether oxygens (including phenoxy) is 2. The van der Waals surface area contributed by atoms with Gasteiger partial charge >= 0.3 is 0 Å². The highest BCUT2D eigenvalue weighted by atomic mass is 16.5. The lowest BCUT2D eigenvalue weighted by Gasteiger charge is -2.36. The van der Waals surface area contributed by atoms with Crippen molar-refractivity contribution in [2.24, 2.45) is 0 Å². The molecule has 0 unspecified atom stereocenters. The second kappa shape index (κ2) is 14.5. The second-order valence-electron chi connectivity index (χ2n) is 9.86. The van der Waals surface area contributed by atoms with Crippen LogP contribution in [0.15, 0.2) is 60.7 Å². The lowest BCUT2D eigenvalue weighted by molar-refractivity contribution is -0.132. The van der Waals surface area contributed by atoms with Crippen LogP contribution in [-0.2, 0) is 4.79 Å². The number of nitrogens with zero attached hydrogens (tertiary/aromatic N) is 6. The molecule has 1 aliphatic heterocycles. The Labute approximate surface area is 242 Å². The Morgan fingerprint density at radius 3 is 2.15 bits per heavy atom. The zero-order valence-electron chi connectivity index (χ0n) is 24.5. The highest BCUT2D eigenvalue weighted by Crippen LogP contribution is 2.23. The van der Waals surface area contributed by atoms with Crippen LogP contribution >= 0.6 is 0 Å². The van der Waals surface area contributed by atoms with Gasteiger partial charge in [0.2, 0.25) is 5.91 Å². The summed E-state index contributed by atoms with van der Waals surface area (Å²) in [5.74, 6) is 1.93. The number of anilines is 1. The molecule has 0 bridgehead atoms. The van der Waals surface area contributed by atoms with E-state index in [2.05, 4.69) is 33.8 Å². The van der Waals surface area contributed by atoms with Gasteiger partial charge < -0.3 is 29.1 Å². The summed E-state index contributed by atoms with van der Waals surface area (Å²) >= 11 is 0. The van der Waals surface area contributed by atoms with Gasteiger partial charge in [-0.1, -0.05) is 32.0 Å². The number of aromatic nitrogens is 2. The van der Waals surface area contributed by atoms with Crippen molar-refractivity contribution in [1.82, 2.24) is 24.9 Å². The molecule has 1 aliphatic rings. The maximum atomic E-state index is 13.5. The van der Waals surface area contributed by atoms with Crippen molar-refractivity contribution in [2.45, 2.75) is 13.8 Å². The fourth-order valence-electron chi connectivity index (χ4n) is 4.87. The van der Waals surface area contributed by atoms with E-state index in [0.717, 1.165) is 35.9 Å². The molecule has 0 atom stereocenters. The Hall–Kier alpha value is -4.18. The van der Waals surface area contributed by atoms with Crippen molar-refractivity contribution in [3.05, 3.63) is 66.2 Å². The molecule has 2 heterocycles. The summed E-state index contributed by atoms with van der Waals surface area (Å²) in [7, 11) is 3.21. The molecule has 1 saturated heterocycles. The van der Waals surface area contributed by atoms with Crippen LogP contribution in [0.5, 0.6) is 11.5 Å². The number of hydrogen-bond donors (Lipinski definition) is 0. The van der Waals surface area contributed by atoms with Gasteiger partial charge in [-0.3, -0.25) is 9.59 Å². The SMILES string of the molecule is CCN(CC)CCN(CC(=O)N1CCN(c2ccc(-c3cccc(OC)c3)nn2)CC1)C(=O)c1cccc(OC)c1. The van der Waals surface area contributed by atoms with Crippen molar-refractivity contribution >= 4 is 17.6 Å². The van der Waals surface area contributed by atoms with E-state index in [1.807, 2.05) is 41.3 Å². The molecule has 1 fully saturated rings. The molecule has 2 amide bonds. The lowest BCUT2D eigenvalue weighted by atomic mass is 10.1. The van der Waals surface area contributed by atoms with Gasteiger partial charge in [0.05, 0.1) is 19.9 Å². The zero-order chi connectivity index (χ0) is 29.2. The van der Waals surface area contributed by atoms with Crippen LogP contribution in [0.1, 0.15) is 24.2 Å². The summed E-state index contributed by atoms with van der Waals surface area (Å²) < 4.78 is 10.6. The van der Waals surface area contributed by atoms with E-state index in [1.165, 1.54) is 0 Å². The molecule has 41 heavy (non-hydrogen) atoms. The standard InChI is InChI=1S/C31H40N6O4/c1-5-34(6-2)15-16-37(31(39)25-10-8-12-27(22-25)41-4)23-30(38)36-19-17-35(18-20-36)29-14-13-28(32-33-29)24-9-7-11-26(21-24)40-3/h7-14,21-22H,5-6,15-20,23H2,1-4H3. The number of methoxy groups -OCH3 is 2. The predicted octanol–water partition coefficient (Wildman–Crippen LogP) is 3.29. The summed E-state index contributed by atoms with van der Waals surface area (Å²) in [5, 5.41) is 8.86. The van der Waals surface area contributed by atoms with E-state index in [4.69, 9.17) is 9.47 Å². The minimum Gasteiger partial charge on any atom is -0.497 e. The average Bonchev–Trinajstić information content (AvgIpc) is 3.04. The first-order chi connectivity index (χ1) is 19.9. The van der Waals surface area contributed by atoms with Crippen LogP contribution in [0, 0.1) is 0 Å². The third-order valence-electron chi connectivity index (χ3n) is 7.48. The monoisotopic (exact) mass is 560 g/mol. The van der Waals surface area contributed by atoms with Crippen LogP contribution < -0.4 is 14.4 Å². The van der Waals surface area contributed by atoms with Crippen LogP contribution in [0.3, 0.4) is 0 Å². The number of rotatable bonds is 12. The molecule has 0 aliphatic carbocycles. The first kappa shape index (κ1) is 29.8. The fourth-order valence-corrected chi connectivity index (χ4v) is 4.87. The molecule has 3 aromatic rings. The summed E-state index contributed by atoms with van der Waals surface area (Å²) in [6.07, 6.45) is 0. The van der Waals surface area contributed by atoms with E-state index >= 15 is 0 Å². The third kappa shape index (κ3) is 7.73. The van der Waals surface area contributed by atoms with Gasteiger partial charge in [-0.25, -0.2) is 0 Å². The fraction of sp³-hybridized carbons (Fsp3) is 0.419. The van der Waals surface area contributed by atoms with Gasteiger partial charge in [-0.05, 0) is 55.6 Å². The van der Waals surface area contributed by atoms with Crippen LogP contribution in [0.4, 0.5) is 5.82 Å². The molecule has 10 heteroatoms. The minimum atomic E-state index is -0.172. The molecule has 0 radical (unpaired) electrons. The maximum absolute atomic E-state index is 13.5. The van der Waals surface area contributed by atoms with Crippen LogP contribution in [-0.4, -0.2) is 110 Å². The van der Waals surface area contributed by atoms with Crippen molar-refractivity contribution in [2.75, 3.05) is 78.0 Å². The minimum absolute atomic E-state index is 0.0341. The summed E-state index contributed by atoms with van der Waals surface area (Å²) in [5.41, 5.74) is 2.22. The first-order valence-corrected chi connectivity index (χ1v) is 14.1. The molecular weight excluding hydrogens is 520 g/mol. The first-order valence-electron chi connectivity index (χ1n) is 14.1. The summed E-state index contributed by atoms with van der Waals surface area (Å²) in [4.78, 5) is 34.7. The molecule has 10 nitrogen and oxygen atoms in total. The second-order valence-corrected chi connectivity index (χ2v) is 9.86. The largest absolute Gasteiger partial charge is 0.497 e. The molecule has 0 spiro atoms. The molecule has 1 aromatic heterocycles. The molecule has 0 N–H and O–H groups in total. The molecule has 2 aromatic carbocycles. The Morgan fingerprint density at radius 2 is 1.51 bits per heavy atom. The lowest BCUT2D eigenvalue weighted by Crippen LogP contribution is -2.52. The Balaban J connectivity index is 1.37. The van der Waals surface area contributed by atoms with Crippen molar-refractivity contribution in [3.8, 4) is 22.8 Å². The maximum Gasteiger partial charge on any atom is 0.254 e. The predicted molar refractivity (Wildman–Crippen MR) is 159 cm³/mol. The van der Waals surface area contributed by atoms with E-state index in [-0.39, 0.29) is 18.4 Å². The normalized spacial score (nSPS) is 13.3. The Morgan fingerprint density at radius 1 is 0.829 bits per heavy atom. The number of carbonyl (C=O) groups is 2. The summed E-state index contributed by atoms with van der Waals surface area (Å²) in [6.45, 7) is 9.56. The van der Waals surface area contributed by atoms with Crippen molar-refractivity contribution in [3.63, 3.8) is 0 Å². The van der Waals surface area contributed by atoms with Crippen LogP contribution in [0.2, 0.25) is 0 Å². The summed E-state index contributed by atoms with van der Waals surface area (Å²) in [6, 6.07) is 18.7. The number of likely N-dealkylation sites (N-methyl/N-ethyl adjacent to an activating group) is 1. The molecule has 4 rings (SSSR count). The van der Waals surface area contributed by atoms with Crippen LogP contribution in [0.25, 0.3) is 11.3 Å². The number of hydrogen-bond acceptors (Lipinski definition) is 8. The van der Waals surface area contributed by atoms with E-state index in [1.54, 1.807) is 43.4 Å². The highest BCUT2D eigenvalue weighted by molar-refractivity contribution is 5.97. The Bertz CT molecular complexity index is 1290. The smallest absolute Gasteiger partial charge is 0.254 e. The number of carbonyl (C=O) groups excluding carboxylic acids is 2. The molecule has 0 saturated carbocycles. The van der Waals surface area contributed by atoms with E-state index in [9.17, 15) is 9.59 Å². The number of piperazine rings is 1. The highest BCUT2D eigenvalue weighted by Gasteiger charge is 2.26. The number of benzene rings is 2. The van der Waals surface area contributed by atoms with Gasteiger partial charge in [-0.15, -0.1) is 10.2 Å². The van der Waals surface area contributed by atoms with Gasteiger partial charge in [-0.2, -0.15) is 0 Å². The third-order valence-corrected chi connectivity index (χ3v) is 7.48. The van der Waals surface area contributed by atoms with Gasteiger partial charge in [0.1, 0.15) is 18.0 Å². The van der Waals surface area contributed by atoms with Gasteiger partial charge in [0.15, 0.2) is 5.82 Å². The molecular formula is C31H40N6O4.